The number of ketones is 4. The first kappa shape index (κ1) is 24.1. The van der Waals surface area contributed by atoms with Crippen LogP contribution in [0.25, 0.3) is 0 Å². The van der Waals surface area contributed by atoms with E-state index in [0.29, 0.717) is 11.1 Å². The molecule has 2 aliphatic carbocycles. The maximum atomic E-state index is 14.6. The minimum absolute atomic E-state index is 0.236. The van der Waals surface area contributed by atoms with E-state index in [0.717, 1.165) is 10.0 Å². The van der Waals surface area contributed by atoms with E-state index >= 15 is 0 Å². The van der Waals surface area contributed by atoms with Gasteiger partial charge in [0.1, 0.15) is 11.5 Å². The Bertz CT molecular complexity index is 1660. The lowest BCUT2D eigenvalue weighted by atomic mass is 9.60. The van der Waals surface area contributed by atoms with Crippen LogP contribution in [0.2, 0.25) is 0 Å². The summed E-state index contributed by atoms with van der Waals surface area (Å²) in [5, 5.41) is 0. The number of carbonyl (C=O) groups excluding carboxylic acids is 4. The molecule has 5 nitrogen and oxygen atoms in total. The third kappa shape index (κ3) is 2.93. The van der Waals surface area contributed by atoms with Crippen molar-refractivity contribution < 1.29 is 23.9 Å². The molecule has 1 aliphatic heterocycles. The van der Waals surface area contributed by atoms with Gasteiger partial charge in [-0.15, -0.1) is 0 Å². The zero-order valence-electron chi connectivity index (χ0n) is 20.8. The second-order valence-electron chi connectivity index (χ2n) is 10.4. The van der Waals surface area contributed by atoms with Crippen molar-refractivity contribution in [1.82, 2.24) is 0 Å². The van der Waals surface area contributed by atoms with E-state index < -0.39 is 46.2 Å². The van der Waals surface area contributed by atoms with Crippen molar-refractivity contribution in [3.05, 3.63) is 140 Å². The third-order valence-electron chi connectivity index (χ3n) is 8.42. The van der Waals surface area contributed by atoms with E-state index in [9.17, 15) is 19.2 Å². The Balaban J connectivity index is 1.59. The normalized spacial score (nSPS) is 22.1. The Labute approximate surface area is 232 Å². The average molecular weight is 577 g/mol. The number of ether oxygens (including phenoxy) is 1. The summed E-state index contributed by atoms with van der Waals surface area (Å²) in [5.41, 5.74) is -0.865. The molecule has 2 spiro atoms. The highest BCUT2D eigenvalue weighted by Crippen LogP contribution is 2.67. The molecule has 1 fully saturated rings. The van der Waals surface area contributed by atoms with Crippen molar-refractivity contribution >= 4 is 39.1 Å². The number of hydrogen-bond donors (Lipinski definition) is 0. The van der Waals surface area contributed by atoms with Crippen LogP contribution in [0.5, 0.6) is 0 Å². The van der Waals surface area contributed by atoms with E-state index in [1.165, 1.54) is 0 Å². The highest BCUT2D eigenvalue weighted by molar-refractivity contribution is 9.10. The van der Waals surface area contributed by atoms with Crippen LogP contribution in [0.4, 0.5) is 0 Å². The summed E-state index contributed by atoms with van der Waals surface area (Å²) in [4.78, 5) is 58.0. The number of aryl methyl sites for hydroxylation is 1. The lowest BCUT2D eigenvalue weighted by molar-refractivity contribution is -0.0210. The molecule has 1 heterocycles. The van der Waals surface area contributed by atoms with Gasteiger partial charge in [-0.2, -0.15) is 0 Å². The summed E-state index contributed by atoms with van der Waals surface area (Å²) >= 11 is 3.45. The molecule has 2 atom stereocenters. The predicted molar refractivity (Wildman–Crippen MR) is 147 cm³/mol. The molecule has 39 heavy (non-hydrogen) atoms. The van der Waals surface area contributed by atoms with Crippen LogP contribution in [-0.2, 0) is 4.74 Å². The summed E-state index contributed by atoms with van der Waals surface area (Å²) in [6.07, 6.45) is -1.17. The second-order valence-corrected chi connectivity index (χ2v) is 11.3. The Morgan fingerprint density at radius 1 is 0.590 bits per heavy atom. The second kappa shape index (κ2) is 8.25. The highest BCUT2D eigenvalue weighted by atomic mass is 79.9. The molecule has 190 valence electrons. The maximum Gasteiger partial charge on any atom is 0.204 e. The van der Waals surface area contributed by atoms with Gasteiger partial charge in [-0.05, 0) is 30.2 Å². The van der Waals surface area contributed by atoms with E-state index in [1.54, 1.807) is 84.9 Å². The highest BCUT2D eigenvalue weighted by Gasteiger charge is 2.79. The van der Waals surface area contributed by atoms with Crippen molar-refractivity contribution in [3.8, 4) is 0 Å². The fourth-order valence-corrected chi connectivity index (χ4v) is 6.99. The van der Waals surface area contributed by atoms with Gasteiger partial charge in [-0.3, -0.25) is 19.2 Å². The molecule has 0 saturated carbocycles. The van der Waals surface area contributed by atoms with Crippen LogP contribution >= 0.6 is 15.9 Å². The summed E-state index contributed by atoms with van der Waals surface area (Å²) in [7, 11) is 0. The molecule has 1 saturated heterocycles. The van der Waals surface area contributed by atoms with Gasteiger partial charge in [0.05, 0.1) is 5.92 Å². The molecule has 0 aromatic heterocycles. The summed E-state index contributed by atoms with van der Waals surface area (Å²) in [6.45, 7) is 1.93. The van der Waals surface area contributed by atoms with Crippen molar-refractivity contribution in [1.29, 1.82) is 0 Å². The van der Waals surface area contributed by atoms with Gasteiger partial charge in [0, 0.05) is 26.7 Å². The van der Waals surface area contributed by atoms with E-state index in [-0.39, 0.29) is 22.3 Å². The number of hydrogen-bond acceptors (Lipinski definition) is 5. The molecule has 6 heteroatoms. The van der Waals surface area contributed by atoms with Gasteiger partial charge in [-0.25, -0.2) is 0 Å². The Hall–Kier alpha value is -4.00. The zero-order valence-corrected chi connectivity index (χ0v) is 22.4. The van der Waals surface area contributed by atoms with E-state index in [4.69, 9.17) is 4.74 Å². The van der Waals surface area contributed by atoms with Crippen molar-refractivity contribution in [2.45, 2.75) is 24.5 Å². The first-order valence-corrected chi connectivity index (χ1v) is 13.5. The minimum Gasteiger partial charge on any atom is -0.348 e. The van der Waals surface area contributed by atoms with E-state index in [2.05, 4.69) is 15.9 Å². The molecule has 0 amide bonds. The van der Waals surface area contributed by atoms with Crippen molar-refractivity contribution in [3.63, 3.8) is 0 Å². The van der Waals surface area contributed by atoms with Crippen LogP contribution in [0.1, 0.15) is 70.1 Å². The monoisotopic (exact) mass is 576 g/mol. The summed E-state index contributed by atoms with van der Waals surface area (Å²) in [6, 6.07) is 27.7. The van der Waals surface area contributed by atoms with Crippen molar-refractivity contribution in [2.24, 2.45) is 5.41 Å². The van der Waals surface area contributed by atoms with Gasteiger partial charge in [-0.1, -0.05) is 106 Å². The standard InChI is InChI=1S/C33H21BrO5/c1-18-10-12-20(13-11-18)31-32(27(35)22-6-2-3-7-23(22)28(32)36)26(19-14-16-21(34)17-15-19)33(39-31)29(37)24-8-4-5-9-25(24)30(33)38/h2-17,26,31H,1H3. The maximum absolute atomic E-state index is 14.6. The summed E-state index contributed by atoms with van der Waals surface area (Å²) in [5.74, 6) is -3.11. The molecule has 0 radical (unpaired) electrons. The Morgan fingerprint density at radius 2 is 1.03 bits per heavy atom. The lowest BCUT2D eigenvalue weighted by Crippen LogP contribution is -2.51. The van der Waals surface area contributed by atoms with Gasteiger partial charge in [0.25, 0.3) is 0 Å². The van der Waals surface area contributed by atoms with Crippen LogP contribution in [0.3, 0.4) is 0 Å². The number of halogens is 1. The summed E-state index contributed by atoms with van der Waals surface area (Å²) < 4.78 is 7.48. The average Bonchev–Trinajstić information content (AvgIpc) is 3.48. The quantitative estimate of drug-likeness (QED) is 0.255. The van der Waals surface area contributed by atoms with Crippen LogP contribution in [-0.4, -0.2) is 28.7 Å². The fraction of sp³-hybridized carbons (Fsp3) is 0.152. The van der Waals surface area contributed by atoms with Gasteiger partial charge in [0.15, 0.2) is 11.6 Å². The first-order valence-electron chi connectivity index (χ1n) is 12.7. The topological polar surface area (TPSA) is 77.5 Å². The van der Waals surface area contributed by atoms with Gasteiger partial charge < -0.3 is 4.74 Å². The molecule has 3 aliphatic rings. The number of Topliss-reactive ketones (excluding diaryl/α,β-unsaturated/α-hetero) is 4. The predicted octanol–water partition coefficient (Wildman–Crippen LogP) is 6.50. The SMILES string of the molecule is Cc1ccc(C2OC3(C(=O)c4ccccc4C3=O)C(c3ccc(Br)cc3)C23C(=O)c2ccccc2C3=O)cc1. The first-order chi connectivity index (χ1) is 18.8. The molecule has 2 unspecified atom stereocenters. The van der Waals surface area contributed by atoms with Crippen LogP contribution in [0.15, 0.2) is 102 Å². The minimum atomic E-state index is -2.08. The molecule has 7 rings (SSSR count). The van der Waals surface area contributed by atoms with Gasteiger partial charge in [0.2, 0.25) is 17.2 Å². The molecular formula is C33H21BrO5. The van der Waals surface area contributed by atoms with Crippen molar-refractivity contribution in [2.75, 3.05) is 0 Å². The number of fused-ring (bicyclic) bond motifs is 2. The lowest BCUT2D eigenvalue weighted by Gasteiger charge is -2.34. The molecular weight excluding hydrogens is 556 g/mol. The molecule has 4 aromatic rings. The number of carbonyl (C=O) groups is 4. The van der Waals surface area contributed by atoms with Gasteiger partial charge >= 0.3 is 0 Å². The van der Waals surface area contributed by atoms with Crippen LogP contribution < -0.4 is 0 Å². The molecule has 0 bridgehead atoms. The Kier molecular flexibility index (Phi) is 5.09. The van der Waals surface area contributed by atoms with Crippen LogP contribution in [0, 0.1) is 12.3 Å². The number of rotatable bonds is 2. The zero-order chi connectivity index (χ0) is 27.1. The fourth-order valence-electron chi connectivity index (χ4n) is 6.72. The molecule has 4 aromatic carbocycles. The van der Waals surface area contributed by atoms with E-state index in [1.807, 2.05) is 19.1 Å². The smallest absolute Gasteiger partial charge is 0.204 e. The number of benzene rings is 4. The largest absolute Gasteiger partial charge is 0.348 e. The Morgan fingerprint density at radius 3 is 1.51 bits per heavy atom. The molecule has 0 N–H and O–H groups in total. The third-order valence-corrected chi connectivity index (χ3v) is 8.95.